The van der Waals surface area contributed by atoms with Crippen molar-refractivity contribution in [2.45, 2.75) is 33.6 Å². The molecule has 1 saturated carbocycles. The highest BCUT2D eigenvalue weighted by Gasteiger charge is 2.42. The highest BCUT2D eigenvalue weighted by molar-refractivity contribution is 5.96. The predicted molar refractivity (Wildman–Crippen MR) is 64.0 cm³/mol. The van der Waals surface area contributed by atoms with E-state index < -0.39 is 0 Å². The van der Waals surface area contributed by atoms with Crippen molar-refractivity contribution in [2.75, 3.05) is 13.2 Å². The lowest BCUT2D eigenvalue weighted by atomic mass is 10.1. The van der Waals surface area contributed by atoms with Crippen molar-refractivity contribution in [3.05, 3.63) is 22.6 Å². The lowest BCUT2D eigenvalue weighted by Crippen LogP contribution is -2.32. The van der Waals surface area contributed by atoms with Gasteiger partial charge in [0.05, 0.1) is 12.2 Å². The molecule has 0 unspecified atom stereocenters. The molecule has 2 rings (SSSR count). The van der Waals surface area contributed by atoms with Crippen LogP contribution in [0.3, 0.4) is 0 Å². The number of carbonyl (C=O) groups is 1. The van der Waals surface area contributed by atoms with E-state index in [0.29, 0.717) is 17.9 Å². The lowest BCUT2D eigenvalue weighted by molar-refractivity contribution is 0.0933. The first-order valence-electron chi connectivity index (χ1n) is 5.95. The topological polar surface area (TPSA) is 62.5 Å². The van der Waals surface area contributed by atoms with Crippen LogP contribution in [0.2, 0.25) is 0 Å². The van der Waals surface area contributed by atoms with Gasteiger partial charge in [-0.1, -0.05) is 0 Å². The second kappa shape index (κ2) is 4.18. The SMILES string of the molecule is Cc1oc(C)c(C(=O)NCC2(CO)CC2)c1C. The molecule has 0 aromatic carbocycles. The minimum Gasteiger partial charge on any atom is -0.466 e. The van der Waals surface area contributed by atoms with Gasteiger partial charge in [0.25, 0.3) is 5.91 Å². The fraction of sp³-hybridized carbons (Fsp3) is 0.615. The summed E-state index contributed by atoms with van der Waals surface area (Å²) in [7, 11) is 0. The molecule has 4 heteroatoms. The number of furan rings is 1. The molecule has 0 spiro atoms. The summed E-state index contributed by atoms with van der Waals surface area (Å²) in [4.78, 5) is 12.0. The Bertz CT molecular complexity index is 444. The maximum Gasteiger partial charge on any atom is 0.255 e. The average Bonchev–Trinajstić information content (AvgIpc) is 3.02. The number of aryl methyl sites for hydroxylation is 2. The minimum absolute atomic E-state index is 0.0593. The lowest BCUT2D eigenvalue weighted by Gasteiger charge is -2.12. The minimum atomic E-state index is -0.100. The van der Waals surface area contributed by atoms with Crippen molar-refractivity contribution in [2.24, 2.45) is 5.41 Å². The zero-order chi connectivity index (χ0) is 12.6. The highest BCUT2D eigenvalue weighted by atomic mass is 16.3. The first-order chi connectivity index (χ1) is 7.99. The van der Waals surface area contributed by atoms with E-state index in [4.69, 9.17) is 4.42 Å². The molecule has 0 radical (unpaired) electrons. The molecule has 0 bridgehead atoms. The summed E-state index contributed by atoms with van der Waals surface area (Å²) in [5.41, 5.74) is 1.47. The number of nitrogens with one attached hydrogen (secondary N) is 1. The van der Waals surface area contributed by atoms with Crippen LogP contribution in [0.15, 0.2) is 4.42 Å². The molecule has 0 atom stereocenters. The Kier molecular flexibility index (Phi) is 3.00. The number of aliphatic hydroxyl groups excluding tert-OH is 1. The summed E-state index contributed by atoms with van der Waals surface area (Å²) in [6.45, 7) is 6.24. The third-order valence-corrected chi connectivity index (χ3v) is 3.70. The zero-order valence-corrected chi connectivity index (χ0v) is 10.6. The van der Waals surface area contributed by atoms with Crippen molar-refractivity contribution in [1.82, 2.24) is 5.32 Å². The van der Waals surface area contributed by atoms with Gasteiger partial charge >= 0.3 is 0 Å². The van der Waals surface area contributed by atoms with Crippen LogP contribution in [-0.2, 0) is 0 Å². The molecule has 1 amide bonds. The molecule has 1 fully saturated rings. The maximum atomic E-state index is 12.0. The Labute approximate surface area is 101 Å². The fourth-order valence-electron chi connectivity index (χ4n) is 2.05. The molecule has 1 aromatic rings. The first kappa shape index (κ1) is 12.2. The number of carbonyl (C=O) groups excluding carboxylic acids is 1. The van der Waals surface area contributed by atoms with Crippen LogP contribution in [0.25, 0.3) is 0 Å². The highest BCUT2D eigenvalue weighted by Crippen LogP contribution is 2.44. The predicted octanol–water partition coefficient (Wildman–Crippen LogP) is 1.71. The Morgan fingerprint density at radius 2 is 2.00 bits per heavy atom. The summed E-state index contributed by atoms with van der Waals surface area (Å²) < 4.78 is 5.43. The summed E-state index contributed by atoms with van der Waals surface area (Å²) in [6.07, 6.45) is 1.98. The van der Waals surface area contributed by atoms with Crippen molar-refractivity contribution in [3.63, 3.8) is 0 Å². The van der Waals surface area contributed by atoms with Crippen LogP contribution in [0.1, 0.15) is 40.3 Å². The van der Waals surface area contributed by atoms with Crippen LogP contribution < -0.4 is 5.32 Å². The van der Waals surface area contributed by atoms with Gasteiger partial charge in [0.1, 0.15) is 11.5 Å². The molecule has 1 aliphatic rings. The Hall–Kier alpha value is -1.29. The molecule has 17 heavy (non-hydrogen) atoms. The van der Waals surface area contributed by atoms with E-state index in [2.05, 4.69) is 5.32 Å². The van der Waals surface area contributed by atoms with Crippen LogP contribution in [0.5, 0.6) is 0 Å². The third-order valence-electron chi connectivity index (χ3n) is 3.70. The zero-order valence-electron chi connectivity index (χ0n) is 10.6. The maximum absolute atomic E-state index is 12.0. The summed E-state index contributed by atoms with van der Waals surface area (Å²) in [6, 6.07) is 0. The van der Waals surface area contributed by atoms with Crippen LogP contribution in [0, 0.1) is 26.2 Å². The van der Waals surface area contributed by atoms with Crippen LogP contribution in [-0.4, -0.2) is 24.2 Å². The first-order valence-corrected chi connectivity index (χ1v) is 5.95. The molecular formula is C13H19NO3. The second-order valence-corrected chi connectivity index (χ2v) is 5.06. The molecule has 2 N–H and O–H groups in total. The van der Waals surface area contributed by atoms with Crippen molar-refractivity contribution in [1.29, 1.82) is 0 Å². The van der Waals surface area contributed by atoms with Crippen molar-refractivity contribution >= 4 is 5.91 Å². The summed E-state index contributed by atoms with van der Waals surface area (Å²) in [5, 5.41) is 12.1. The van der Waals surface area contributed by atoms with Gasteiger partial charge in [0, 0.05) is 17.5 Å². The van der Waals surface area contributed by atoms with Crippen molar-refractivity contribution in [3.8, 4) is 0 Å². The van der Waals surface area contributed by atoms with E-state index in [9.17, 15) is 9.90 Å². The fourth-order valence-corrected chi connectivity index (χ4v) is 2.05. The standard InChI is InChI=1S/C13H19NO3/c1-8-9(2)17-10(3)11(8)12(16)14-6-13(7-15)4-5-13/h15H,4-7H2,1-3H3,(H,14,16). The molecule has 4 nitrogen and oxygen atoms in total. The monoisotopic (exact) mass is 237 g/mol. The average molecular weight is 237 g/mol. The van der Waals surface area contributed by atoms with Gasteiger partial charge in [-0.05, 0) is 33.6 Å². The van der Waals surface area contributed by atoms with Crippen LogP contribution in [0.4, 0.5) is 0 Å². The molecule has 1 heterocycles. The molecule has 1 aromatic heterocycles. The molecule has 1 aliphatic carbocycles. The van der Waals surface area contributed by atoms with E-state index in [1.165, 1.54) is 0 Å². The number of hydrogen-bond donors (Lipinski definition) is 2. The molecule has 0 aliphatic heterocycles. The number of amides is 1. The summed E-state index contributed by atoms with van der Waals surface area (Å²) >= 11 is 0. The van der Waals surface area contributed by atoms with Crippen LogP contribution >= 0.6 is 0 Å². The van der Waals surface area contributed by atoms with Gasteiger partial charge in [-0.25, -0.2) is 0 Å². The Morgan fingerprint density at radius 3 is 2.41 bits per heavy atom. The van der Waals surface area contributed by atoms with Gasteiger partial charge in [-0.2, -0.15) is 0 Å². The number of aliphatic hydroxyl groups is 1. The van der Waals surface area contributed by atoms with Gasteiger partial charge in [0.2, 0.25) is 0 Å². The van der Waals surface area contributed by atoms with E-state index in [-0.39, 0.29) is 17.9 Å². The van der Waals surface area contributed by atoms with Gasteiger partial charge in [0.15, 0.2) is 0 Å². The van der Waals surface area contributed by atoms with Gasteiger partial charge < -0.3 is 14.8 Å². The smallest absolute Gasteiger partial charge is 0.255 e. The molecule has 0 saturated heterocycles. The van der Waals surface area contributed by atoms with Crippen molar-refractivity contribution < 1.29 is 14.3 Å². The van der Waals surface area contributed by atoms with E-state index >= 15 is 0 Å². The largest absolute Gasteiger partial charge is 0.466 e. The number of hydrogen-bond acceptors (Lipinski definition) is 3. The van der Waals surface area contributed by atoms with E-state index in [0.717, 1.165) is 24.2 Å². The Balaban J connectivity index is 2.05. The number of rotatable bonds is 4. The van der Waals surface area contributed by atoms with E-state index in [1.54, 1.807) is 6.92 Å². The normalized spacial score (nSPS) is 16.9. The van der Waals surface area contributed by atoms with Gasteiger partial charge in [-0.15, -0.1) is 0 Å². The van der Waals surface area contributed by atoms with Gasteiger partial charge in [-0.3, -0.25) is 4.79 Å². The third kappa shape index (κ3) is 2.22. The second-order valence-electron chi connectivity index (χ2n) is 5.06. The molecule has 94 valence electrons. The van der Waals surface area contributed by atoms with E-state index in [1.807, 2.05) is 13.8 Å². The molecular weight excluding hydrogens is 218 g/mol. The Morgan fingerprint density at radius 1 is 1.35 bits per heavy atom. The summed E-state index contributed by atoms with van der Waals surface area (Å²) in [5.74, 6) is 1.35. The quantitative estimate of drug-likeness (QED) is 0.838.